The van der Waals surface area contributed by atoms with Gasteiger partial charge in [0.05, 0.1) is 5.69 Å². The zero-order chi connectivity index (χ0) is 12.3. The van der Waals surface area contributed by atoms with Crippen LogP contribution in [0, 0.1) is 5.92 Å². The second kappa shape index (κ2) is 4.88. The minimum absolute atomic E-state index is 0.0520. The van der Waals surface area contributed by atoms with E-state index < -0.39 is 0 Å². The number of rotatable bonds is 3. The Bertz CT molecular complexity index is 389. The van der Waals surface area contributed by atoms with Gasteiger partial charge in [-0.1, -0.05) is 13.8 Å². The summed E-state index contributed by atoms with van der Waals surface area (Å²) in [6.07, 6.45) is 0. The fourth-order valence-corrected chi connectivity index (χ4v) is 1.53. The van der Waals surface area contributed by atoms with Gasteiger partial charge in [0, 0.05) is 19.2 Å². The van der Waals surface area contributed by atoms with E-state index in [2.05, 4.69) is 0 Å². The fraction of sp³-hybridized carbons (Fsp3) is 0.417. The van der Waals surface area contributed by atoms with Crippen LogP contribution in [0.3, 0.4) is 0 Å². The molecule has 0 aromatic heterocycles. The van der Waals surface area contributed by atoms with E-state index >= 15 is 0 Å². The monoisotopic (exact) mass is 222 g/mol. The summed E-state index contributed by atoms with van der Waals surface area (Å²) in [4.78, 5) is 13.6. The number of hydrogen-bond donors (Lipinski definition) is 2. The van der Waals surface area contributed by atoms with E-state index in [-0.39, 0.29) is 17.3 Å². The second-order valence-electron chi connectivity index (χ2n) is 4.35. The SMILES string of the molecule is CC(C)CN(C)C(=O)c1ccc(N)c(O)c1. The molecule has 88 valence electrons. The first-order chi connectivity index (χ1) is 7.41. The topological polar surface area (TPSA) is 66.6 Å². The first-order valence-corrected chi connectivity index (χ1v) is 5.25. The van der Waals surface area contributed by atoms with Crippen LogP contribution in [-0.4, -0.2) is 29.5 Å². The highest BCUT2D eigenvalue weighted by atomic mass is 16.3. The summed E-state index contributed by atoms with van der Waals surface area (Å²) in [5.74, 6) is 0.254. The Morgan fingerprint density at radius 1 is 1.50 bits per heavy atom. The van der Waals surface area contributed by atoms with E-state index in [0.717, 1.165) is 0 Å². The smallest absolute Gasteiger partial charge is 0.253 e. The third-order valence-corrected chi connectivity index (χ3v) is 2.26. The Labute approximate surface area is 95.7 Å². The lowest BCUT2D eigenvalue weighted by Crippen LogP contribution is -2.30. The molecule has 1 aromatic carbocycles. The molecule has 0 aliphatic carbocycles. The number of phenols is 1. The summed E-state index contributed by atoms with van der Waals surface area (Å²) in [5.41, 5.74) is 6.20. The normalized spacial score (nSPS) is 10.5. The van der Waals surface area contributed by atoms with Gasteiger partial charge in [0.1, 0.15) is 5.75 Å². The second-order valence-corrected chi connectivity index (χ2v) is 4.35. The maximum Gasteiger partial charge on any atom is 0.253 e. The van der Waals surface area contributed by atoms with Crippen LogP contribution in [0.5, 0.6) is 5.75 Å². The maximum atomic E-state index is 11.9. The third-order valence-electron chi connectivity index (χ3n) is 2.26. The standard InChI is InChI=1S/C12H18N2O2/c1-8(2)7-14(3)12(16)9-4-5-10(13)11(15)6-9/h4-6,8,15H,7,13H2,1-3H3. The number of aromatic hydroxyl groups is 1. The zero-order valence-corrected chi connectivity index (χ0v) is 9.90. The molecule has 4 heteroatoms. The van der Waals surface area contributed by atoms with Gasteiger partial charge in [-0.2, -0.15) is 0 Å². The molecule has 0 fully saturated rings. The molecule has 1 amide bonds. The number of nitrogen functional groups attached to an aromatic ring is 1. The van der Waals surface area contributed by atoms with Crippen molar-refractivity contribution in [1.82, 2.24) is 4.90 Å². The van der Waals surface area contributed by atoms with E-state index in [1.807, 2.05) is 13.8 Å². The first-order valence-electron chi connectivity index (χ1n) is 5.25. The molecule has 3 N–H and O–H groups in total. The van der Waals surface area contributed by atoms with E-state index in [9.17, 15) is 9.90 Å². The van der Waals surface area contributed by atoms with Crippen molar-refractivity contribution in [1.29, 1.82) is 0 Å². The lowest BCUT2D eigenvalue weighted by atomic mass is 10.1. The quantitative estimate of drug-likeness (QED) is 0.604. The average molecular weight is 222 g/mol. The molecular formula is C12H18N2O2. The van der Waals surface area contributed by atoms with Gasteiger partial charge in [0.25, 0.3) is 5.91 Å². The predicted molar refractivity (Wildman–Crippen MR) is 64.3 cm³/mol. The molecule has 0 spiro atoms. The summed E-state index contributed by atoms with van der Waals surface area (Å²) in [6.45, 7) is 4.78. The summed E-state index contributed by atoms with van der Waals surface area (Å²) < 4.78 is 0. The summed E-state index contributed by atoms with van der Waals surface area (Å²) in [7, 11) is 1.75. The highest BCUT2D eigenvalue weighted by Gasteiger charge is 2.13. The molecule has 1 rings (SSSR count). The molecule has 16 heavy (non-hydrogen) atoms. The van der Waals surface area contributed by atoms with Gasteiger partial charge in [0.15, 0.2) is 0 Å². The fourth-order valence-electron chi connectivity index (χ4n) is 1.53. The van der Waals surface area contributed by atoms with E-state index in [1.54, 1.807) is 18.0 Å². The van der Waals surface area contributed by atoms with E-state index in [1.165, 1.54) is 12.1 Å². The van der Waals surface area contributed by atoms with Crippen molar-refractivity contribution < 1.29 is 9.90 Å². The minimum atomic E-state index is -0.107. The number of anilines is 1. The number of carbonyl (C=O) groups is 1. The molecule has 0 saturated heterocycles. The van der Waals surface area contributed by atoms with E-state index in [0.29, 0.717) is 18.0 Å². The van der Waals surface area contributed by atoms with Gasteiger partial charge >= 0.3 is 0 Å². The largest absolute Gasteiger partial charge is 0.506 e. The van der Waals surface area contributed by atoms with Crippen LogP contribution in [0.2, 0.25) is 0 Å². The van der Waals surface area contributed by atoms with Crippen molar-refractivity contribution in [3.63, 3.8) is 0 Å². The molecule has 0 aliphatic heterocycles. The minimum Gasteiger partial charge on any atom is -0.506 e. The first kappa shape index (κ1) is 12.4. The van der Waals surface area contributed by atoms with Gasteiger partial charge in [-0.3, -0.25) is 4.79 Å². The van der Waals surface area contributed by atoms with Crippen LogP contribution in [0.4, 0.5) is 5.69 Å². The van der Waals surface area contributed by atoms with Crippen molar-refractivity contribution >= 4 is 11.6 Å². The highest BCUT2D eigenvalue weighted by Crippen LogP contribution is 2.21. The van der Waals surface area contributed by atoms with Crippen LogP contribution in [0.15, 0.2) is 18.2 Å². The molecule has 0 aliphatic rings. The van der Waals surface area contributed by atoms with Gasteiger partial charge in [-0.15, -0.1) is 0 Å². The zero-order valence-electron chi connectivity index (χ0n) is 9.90. The lowest BCUT2D eigenvalue weighted by molar-refractivity contribution is 0.0779. The molecule has 0 bridgehead atoms. The molecule has 0 heterocycles. The third kappa shape index (κ3) is 2.89. The van der Waals surface area contributed by atoms with Crippen molar-refractivity contribution in [3.05, 3.63) is 23.8 Å². The highest BCUT2D eigenvalue weighted by molar-refractivity contribution is 5.95. The lowest BCUT2D eigenvalue weighted by Gasteiger charge is -2.19. The Morgan fingerprint density at radius 2 is 2.12 bits per heavy atom. The molecule has 4 nitrogen and oxygen atoms in total. The molecule has 1 aromatic rings. The number of phenolic OH excluding ortho intramolecular Hbond substituents is 1. The summed E-state index contributed by atoms with van der Waals surface area (Å²) in [6, 6.07) is 4.55. The van der Waals surface area contributed by atoms with Crippen LogP contribution in [-0.2, 0) is 0 Å². The van der Waals surface area contributed by atoms with Crippen molar-refractivity contribution in [2.75, 3.05) is 19.3 Å². The van der Waals surface area contributed by atoms with Gasteiger partial charge < -0.3 is 15.7 Å². The number of benzene rings is 1. The average Bonchev–Trinajstić information content (AvgIpc) is 2.20. The summed E-state index contributed by atoms with van der Waals surface area (Å²) in [5, 5.41) is 9.42. The van der Waals surface area contributed by atoms with Gasteiger partial charge in [-0.25, -0.2) is 0 Å². The molecule has 0 atom stereocenters. The van der Waals surface area contributed by atoms with Crippen LogP contribution < -0.4 is 5.73 Å². The maximum absolute atomic E-state index is 11.9. The molecule has 0 radical (unpaired) electrons. The number of nitrogens with two attached hydrogens (primary N) is 1. The van der Waals surface area contributed by atoms with Crippen molar-refractivity contribution in [2.45, 2.75) is 13.8 Å². The number of hydrogen-bond acceptors (Lipinski definition) is 3. The molecule has 0 unspecified atom stereocenters. The van der Waals surface area contributed by atoms with Crippen LogP contribution in [0.1, 0.15) is 24.2 Å². The van der Waals surface area contributed by atoms with Gasteiger partial charge in [0.2, 0.25) is 0 Å². The van der Waals surface area contributed by atoms with Gasteiger partial charge in [-0.05, 0) is 24.1 Å². The number of nitrogens with zero attached hydrogens (tertiary/aromatic N) is 1. The van der Waals surface area contributed by atoms with E-state index in [4.69, 9.17) is 5.73 Å². The Balaban J connectivity index is 2.84. The van der Waals surface area contributed by atoms with Crippen molar-refractivity contribution in [2.24, 2.45) is 5.92 Å². The van der Waals surface area contributed by atoms with Crippen LogP contribution in [0.25, 0.3) is 0 Å². The van der Waals surface area contributed by atoms with Crippen LogP contribution >= 0.6 is 0 Å². The van der Waals surface area contributed by atoms with Crippen molar-refractivity contribution in [3.8, 4) is 5.75 Å². The molecular weight excluding hydrogens is 204 g/mol. The number of amides is 1. The predicted octanol–water partition coefficient (Wildman–Crippen LogP) is 1.70. The Kier molecular flexibility index (Phi) is 3.77. The Hall–Kier alpha value is -1.71. The summed E-state index contributed by atoms with van der Waals surface area (Å²) >= 11 is 0. The molecule has 0 saturated carbocycles. The number of carbonyl (C=O) groups excluding carboxylic acids is 1. The Morgan fingerprint density at radius 3 is 2.62 bits per heavy atom.